The summed E-state index contributed by atoms with van der Waals surface area (Å²) in [6.45, 7) is 3.08. The molecular weight excluding hydrogens is 291 g/mol. The predicted molar refractivity (Wildman–Crippen MR) is 85.7 cm³/mol. The molecule has 116 valence electrons. The normalized spacial score (nSPS) is 19.1. The number of halogens is 2. The van der Waals surface area contributed by atoms with Crippen LogP contribution < -0.4 is 5.73 Å². The Balaban J connectivity index is 0.00000220. The van der Waals surface area contributed by atoms with Crippen LogP contribution in [0.2, 0.25) is 0 Å². The second kappa shape index (κ2) is 8.15. The molecular formula is C16H22ClFN2O. The molecule has 2 rings (SSSR count). The van der Waals surface area contributed by atoms with Gasteiger partial charge in [-0.1, -0.05) is 12.1 Å². The zero-order chi connectivity index (χ0) is 14.5. The first kappa shape index (κ1) is 17.7. The number of nitrogens with two attached hydrogens (primary N) is 1. The SMILES string of the molecule is CC(=CC(=O)N1CCCCC1CN)c1cccc(F)c1.Cl. The Morgan fingerprint density at radius 3 is 2.90 bits per heavy atom. The van der Waals surface area contributed by atoms with Crippen LogP contribution in [0.15, 0.2) is 30.3 Å². The molecule has 1 heterocycles. The minimum atomic E-state index is -0.291. The number of nitrogens with zero attached hydrogens (tertiary/aromatic N) is 1. The van der Waals surface area contributed by atoms with Crippen LogP contribution in [0.1, 0.15) is 31.7 Å². The molecule has 1 saturated heterocycles. The predicted octanol–water partition coefficient (Wildman–Crippen LogP) is 2.99. The Morgan fingerprint density at radius 1 is 1.48 bits per heavy atom. The van der Waals surface area contributed by atoms with Crippen LogP contribution in [0, 0.1) is 5.82 Å². The van der Waals surface area contributed by atoms with Crippen molar-refractivity contribution in [3.05, 3.63) is 41.7 Å². The maximum absolute atomic E-state index is 13.2. The molecule has 0 aromatic heterocycles. The largest absolute Gasteiger partial charge is 0.335 e. The van der Waals surface area contributed by atoms with Gasteiger partial charge in [-0.15, -0.1) is 12.4 Å². The Labute approximate surface area is 131 Å². The molecule has 0 radical (unpaired) electrons. The van der Waals surface area contributed by atoms with Crippen molar-refractivity contribution >= 4 is 23.9 Å². The summed E-state index contributed by atoms with van der Waals surface area (Å²) in [4.78, 5) is 14.2. The molecule has 1 aliphatic rings. The number of benzene rings is 1. The van der Waals surface area contributed by atoms with Crippen LogP contribution in [0.5, 0.6) is 0 Å². The van der Waals surface area contributed by atoms with Crippen LogP contribution in [-0.4, -0.2) is 29.9 Å². The molecule has 1 aromatic rings. The molecule has 3 nitrogen and oxygen atoms in total. The number of allylic oxidation sites excluding steroid dienone is 1. The summed E-state index contributed by atoms with van der Waals surface area (Å²) in [7, 11) is 0. The molecule has 1 unspecified atom stereocenters. The van der Waals surface area contributed by atoms with Gasteiger partial charge >= 0.3 is 0 Å². The van der Waals surface area contributed by atoms with Gasteiger partial charge < -0.3 is 10.6 Å². The van der Waals surface area contributed by atoms with Gasteiger partial charge in [-0.05, 0) is 49.5 Å². The second-order valence-electron chi connectivity index (χ2n) is 5.25. The summed E-state index contributed by atoms with van der Waals surface area (Å²) >= 11 is 0. The van der Waals surface area contributed by atoms with E-state index in [0.29, 0.717) is 6.54 Å². The van der Waals surface area contributed by atoms with Crippen molar-refractivity contribution in [1.82, 2.24) is 4.90 Å². The molecule has 21 heavy (non-hydrogen) atoms. The Kier molecular flexibility index (Phi) is 6.85. The van der Waals surface area contributed by atoms with Gasteiger partial charge in [0.25, 0.3) is 0 Å². The molecule has 1 atom stereocenters. The van der Waals surface area contributed by atoms with Crippen LogP contribution >= 0.6 is 12.4 Å². The Bertz CT molecular complexity index is 519. The number of amides is 1. The molecule has 0 bridgehead atoms. The zero-order valence-corrected chi connectivity index (χ0v) is 13.0. The van der Waals surface area contributed by atoms with Crippen molar-refractivity contribution in [2.45, 2.75) is 32.2 Å². The number of carbonyl (C=O) groups is 1. The number of hydrogen-bond donors (Lipinski definition) is 1. The molecule has 0 spiro atoms. The quantitative estimate of drug-likeness (QED) is 0.872. The van der Waals surface area contributed by atoms with Crippen molar-refractivity contribution in [2.75, 3.05) is 13.1 Å². The van der Waals surface area contributed by atoms with E-state index in [-0.39, 0.29) is 30.2 Å². The van der Waals surface area contributed by atoms with Gasteiger partial charge in [0.1, 0.15) is 5.82 Å². The highest BCUT2D eigenvalue weighted by molar-refractivity contribution is 5.95. The first-order valence-electron chi connectivity index (χ1n) is 7.06. The van der Waals surface area contributed by atoms with Gasteiger partial charge in [-0.2, -0.15) is 0 Å². The van der Waals surface area contributed by atoms with E-state index in [9.17, 15) is 9.18 Å². The number of likely N-dealkylation sites (tertiary alicyclic amines) is 1. The molecule has 1 aromatic carbocycles. The van der Waals surface area contributed by atoms with E-state index in [2.05, 4.69) is 0 Å². The van der Waals surface area contributed by atoms with Crippen molar-refractivity contribution < 1.29 is 9.18 Å². The van der Waals surface area contributed by atoms with Gasteiger partial charge in [-0.25, -0.2) is 4.39 Å². The fourth-order valence-electron chi connectivity index (χ4n) is 2.62. The first-order valence-corrected chi connectivity index (χ1v) is 7.06. The summed E-state index contributed by atoms with van der Waals surface area (Å²) < 4.78 is 13.2. The smallest absolute Gasteiger partial charge is 0.247 e. The van der Waals surface area contributed by atoms with Gasteiger partial charge in [0, 0.05) is 25.2 Å². The van der Waals surface area contributed by atoms with Crippen molar-refractivity contribution in [3.63, 3.8) is 0 Å². The lowest BCUT2D eigenvalue weighted by Crippen LogP contribution is -2.46. The third-order valence-electron chi connectivity index (χ3n) is 3.80. The van der Waals surface area contributed by atoms with E-state index in [4.69, 9.17) is 5.73 Å². The van der Waals surface area contributed by atoms with Crippen LogP contribution in [-0.2, 0) is 4.79 Å². The van der Waals surface area contributed by atoms with Crippen molar-refractivity contribution in [3.8, 4) is 0 Å². The number of hydrogen-bond acceptors (Lipinski definition) is 2. The first-order chi connectivity index (χ1) is 9.61. The van der Waals surface area contributed by atoms with E-state index in [1.807, 2.05) is 11.8 Å². The van der Waals surface area contributed by atoms with Crippen LogP contribution in [0.25, 0.3) is 5.57 Å². The van der Waals surface area contributed by atoms with Gasteiger partial charge in [0.2, 0.25) is 5.91 Å². The second-order valence-corrected chi connectivity index (χ2v) is 5.25. The highest BCUT2D eigenvalue weighted by atomic mass is 35.5. The Morgan fingerprint density at radius 2 is 2.24 bits per heavy atom. The lowest BCUT2D eigenvalue weighted by molar-refractivity contribution is -0.129. The average molecular weight is 313 g/mol. The van der Waals surface area contributed by atoms with E-state index >= 15 is 0 Å². The van der Waals surface area contributed by atoms with E-state index in [1.54, 1.807) is 18.2 Å². The molecule has 5 heteroatoms. The summed E-state index contributed by atoms with van der Waals surface area (Å²) in [5.41, 5.74) is 7.24. The molecule has 1 amide bonds. The fourth-order valence-corrected chi connectivity index (χ4v) is 2.62. The van der Waals surface area contributed by atoms with Gasteiger partial charge in [0.05, 0.1) is 0 Å². The van der Waals surface area contributed by atoms with Gasteiger partial charge in [0.15, 0.2) is 0 Å². The third kappa shape index (κ3) is 4.55. The van der Waals surface area contributed by atoms with Crippen molar-refractivity contribution in [1.29, 1.82) is 0 Å². The minimum Gasteiger partial charge on any atom is -0.335 e. The summed E-state index contributed by atoms with van der Waals surface area (Å²) in [6.07, 6.45) is 4.70. The summed E-state index contributed by atoms with van der Waals surface area (Å²) in [5.74, 6) is -0.317. The Hall–Kier alpha value is -1.39. The monoisotopic (exact) mass is 312 g/mol. The maximum atomic E-state index is 13.2. The molecule has 1 fully saturated rings. The number of piperidine rings is 1. The minimum absolute atomic E-state index is 0. The number of rotatable bonds is 3. The maximum Gasteiger partial charge on any atom is 0.247 e. The van der Waals surface area contributed by atoms with Gasteiger partial charge in [-0.3, -0.25) is 4.79 Å². The molecule has 0 saturated carbocycles. The van der Waals surface area contributed by atoms with E-state index in [0.717, 1.165) is 36.9 Å². The van der Waals surface area contributed by atoms with E-state index < -0.39 is 0 Å². The van der Waals surface area contributed by atoms with Crippen LogP contribution in [0.4, 0.5) is 4.39 Å². The average Bonchev–Trinajstić information content (AvgIpc) is 2.47. The molecule has 2 N–H and O–H groups in total. The molecule has 0 aliphatic carbocycles. The lowest BCUT2D eigenvalue weighted by Gasteiger charge is -2.34. The topological polar surface area (TPSA) is 46.3 Å². The van der Waals surface area contributed by atoms with Crippen molar-refractivity contribution in [2.24, 2.45) is 5.73 Å². The standard InChI is InChI=1S/C16H21FN2O.ClH/c1-12(13-5-4-6-14(17)10-13)9-16(20)19-8-3-2-7-15(19)11-18;/h4-6,9-10,15H,2-3,7-8,11,18H2,1H3;1H. The lowest BCUT2D eigenvalue weighted by atomic mass is 10.0. The molecule has 1 aliphatic heterocycles. The van der Waals surface area contributed by atoms with Crippen LogP contribution in [0.3, 0.4) is 0 Å². The highest BCUT2D eigenvalue weighted by Gasteiger charge is 2.24. The fraction of sp³-hybridized carbons (Fsp3) is 0.438. The summed E-state index contributed by atoms with van der Waals surface area (Å²) in [6, 6.07) is 6.42. The highest BCUT2D eigenvalue weighted by Crippen LogP contribution is 2.19. The van der Waals surface area contributed by atoms with E-state index in [1.165, 1.54) is 12.1 Å². The summed E-state index contributed by atoms with van der Waals surface area (Å²) in [5, 5.41) is 0. The number of carbonyl (C=O) groups excluding carboxylic acids is 1. The third-order valence-corrected chi connectivity index (χ3v) is 3.80. The zero-order valence-electron chi connectivity index (χ0n) is 12.2.